The van der Waals surface area contributed by atoms with E-state index in [2.05, 4.69) is 11.9 Å². The summed E-state index contributed by atoms with van der Waals surface area (Å²) in [6.45, 7) is 3.97. The number of carbonyl (C=O) groups excluding carboxylic acids is 1. The maximum absolute atomic E-state index is 13.4. The molecule has 3 nitrogen and oxygen atoms in total. The average molecular weight is 224 g/mol. The molecule has 0 fully saturated rings. The average Bonchev–Trinajstić information content (AvgIpc) is 2.20. The first-order valence-electron chi connectivity index (χ1n) is 4.76. The van der Waals surface area contributed by atoms with Crippen molar-refractivity contribution in [2.75, 3.05) is 23.3 Å². The highest BCUT2D eigenvalue weighted by Crippen LogP contribution is 2.32. The molecule has 1 aliphatic rings. The minimum atomic E-state index is -0.767. The van der Waals surface area contributed by atoms with E-state index in [9.17, 15) is 13.6 Å². The Morgan fingerprint density at radius 3 is 2.94 bits per heavy atom. The molecule has 0 unspecified atom stereocenters. The zero-order chi connectivity index (χ0) is 11.7. The third-order valence-electron chi connectivity index (χ3n) is 2.32. The van der Waals surface area contributed by atoms with Crippen LogP contribution in [0.1, 0.15) is 0 Å². The summed E-state index contributed by atoms with van der Waals surface area (Å²) in [4.78, 5) is 12.9. The molecule has 5 heteroatoms. The van der Waals surface area contributed by atoms with Gasteiger partial charge in [-0.05, 0) is 6.07 Å². The zero-order valence-corrected chi connectivity index (χ0v) is 8.46. The largest absolute Gasteiger partial charge is 0.357 e. The number of nitrogens with zero attached hydrogens (tertiary/aromatic N) is 1. The lowest BCUT2D eigenvalue weighted by molar-refractivity contribution is -0.115. The SMILES string of the molecule is C=CCN1CC(=O)Nc2c(F)cc(F)cc21. The third kappa shape index (κ3) is 1.76. The van der Waals surface area contributed by atoms with E-state index >= 15 is 0 Å². The molecule has 1 amide bonds. The number of benzene rings is 1. The van der Waals surface area contributed by atoms with Crippen LogP contribution < -0.4 is 10.2 Å². The van der Waals surface area contributed by atoms with Crippen LogP contribution in [0.3, 0.4) is 0 Å². The summed E-state index contributed by atoms with van der Waals surface area (Å²) in [6.07, 6.45) is 1.57. The van der Waals surface area contributed by atoms with Gasteiger partial charge in [0, 0.05) is 12.6 Å². The highest BCUT2D eigenvalue weighted by molar-refractivity contribution is 6.01. The Labute approximate surface area is 91.4 Å². The van der Waals surface area contributed by atoms with E-state index in [0.717, 1.165) is 6.07 Å². The van der Waals surface area contributed by atoms with Gasteiger partial charge in [-0.3, -0.25) is 4.79 Å². The molecular weight excluding hydrogens is 214 g/mol. The van der Waals surface area contributed by atoms with Crippen molar-refractivity contribution < 1.29 is 13.6 Å². The first-order chi connectivity index (χ1) is 7.61. The molecule has 0 saturated carbocycles. The lowest BCUT2D eigenvalue weighted by Gasteiger charge is -2.30. The smallest absolute Gasteiger partial charge is 0.244 e. The van der Waals surface area contributed by atoms with Gasteiger partial charge in [0.15, 0.2) is 5.82 Å². The first-order valence-corrected chi connectivity index (χ1v) is 4.76. The van der Waals surface area contributed by atoms with Gasteiger partial charge in [0.05, 0.1) is 12.2 Å². The van der Waals surface area contributed by atoms with Gasteiger partial charge in [0.25, 0.3) is 0 Å². The molecule has 16 heavy (non-hydrogen) atoms. The van der Waals surface area contributed by atoms with Gasteiger partial charge in [-0.25, -0.2) is 8.78 Å². The number of halogens is 2. The number of carbonyl (C=O) groups is 1. The summed E-state index contributed by atoms with van der Waals surface area (Å²) in [5, 5.41) is 2.39. The van der Waals surface area contributed by atoms with E-state index < -0.39 is 11.6 Å². The normalized spacial score (nSPS) is 14.4. The van der Waals surface area contributed by atoms with Gasteiger partial charge < -0.3 is 10.2 Å². The molecule has 2 rings (SSSR count). The van der Waals surface area contributed by atoms with Crippen molar-refractivity contribution in [3.05, 3.63) is 36.4 Å². The Bertz CT molecular complexity index is 460. The van der Waals surface area contributed by atoms with Gasteiger partial charge in [-0.15, -0.1) is 6.58 Å². The number of amides is 1. The summed E-state index contributed by atoms with van der Waals surface area (Å²) in [5.41, 5.74) is 0.372. The Morgan fingerprint density at radius 2 is 2.25 bits per heavy atom. The van der Waals surface area contributed by atoms with Crippen molar-refractivity contribution >= 4 is 17.3 Å². The number of rotatable bonds is 2. The van der Waals surface area contributed by atoms with E-state index in [1.54, 1.807) is 11.0 Å². The predicted octanol–water partition coefficient (Wildman–Crippen LogP) is 1.91. The molecule has 0 bridgehead atoms. The van der Waals surface area contributed by atoms with Gasteiger partial charge in [0.2, 0.25) is 5.91 Å². The van der Waals surface area contributed by atoms with Crippen LogP contribution in [0.5, 0.6) is 0 Å². The van der Waals surface area contributed by atoms with Crippen LogP contribution in [0.15, 0.2) is 24.8 Å². The number of anilines is 2. The Morgan fingerprint density at radius 1 is 1.50 bits per heavy atom. The van der Waals surface area contributed by atoms with Gasteiger partial charge in [0.1, 0.15) is 11.5 Å². The maximum atomic E-state index is 13.4. The fourth-order valence-corrected chi connectivity index (χ4v) is 1.69. The van der Waals surface area contributed by atoms with Crippen molar-refractivity contribution in [3.63, 3.8) is 0 Å². The van der Waals surface area contributed by atoms with Crippen LogP contribution in [0.2, 0.25) is 0 Å². The third-order valence-corrected chi connectivity index (χ3v) is 2.32. The van der Waals surface area contributed by atoms with Crippen LogP contribution in [0, 0.1) is 11.6 Å². The van der Waals surface area contributed by atoms with Crippen LogP contribution >= 0.6 is 0 Å². The molecule has 1 aliphatic heterocycles. The molecule has 0 spiro atoms. The van der Waals surface area contributed by atoms with E-state index in [1.165, 1.54) is 6.07 Å². The highest BCUT2D eigenvalue weighted by atomic mass is 19.1. The topological polar surface area (TPSA) is 32.3 Å². The molecule has 0 saturated heterocycles. The molecular formula is C11H10F2N2O. The monoisotopic (exact) mass is 224 g/mol. The lowest BCUT2D eigenvalue weighted by atomic mass is 10.1. The number of hydrogen-bond donors (Lipinski definition) is 1. The van der Waals surface area contributed by atoms with Crippen molar-refractivity contribution in [1.82, 2.24) is 0 Å². The van der Waals surface area contributed by atoms with Crippen LogP contribution in [0.4, 0.5) is 20.2 Å². The van der Waals surface area contributed by atoms with Gasteiger partial charge >= 0.3 is 0 Å². The molecule has 1 N–H and O–H groups in total. The second-order valence-corrected chi connectivity index (χ2v) is 3.50. The summed E-state index contributed by atoms with van der Waals surface area (Å²) in [6, 6.07) is 1.94. The fourth-order valence-electron chi connectivity index (χ4n) is 1.69. The molecule has 84 valence electrons. The minimum absolute atomic E-state index is 0.0273. The maximum Gasteiger partial charge on any atom is 0.244 e. The second-order valence-electron chi connectivity index (χ2n) is 3.50. The summed E-state index contributed by atoms with van der Waals surface area (Å²) in [7, 11) is 0. The second kappa shape index (κ2) is 3.92. The molecule has 1 aromatic carbocycles. The minimum Gasteiger partial charge on any atom is -0.357 e. The van der Waals surface area contributed by atoms with E-state index in [1.807, 2.05) is 0 Å². The van der Waals surface area contributed by atoms with Crippen LogP contribution in [-0.2, 0) is 4.79 Å². The molecule has 0 aliphatic carbocycles. The van der Waals surface area contributed by atoms with E-state index in [-0.39, 0.29) is 18.1 Å². The summed E-state index contributed by atoms with van der Waals surface area (Å²) < 4.78 is 26.5. The number of fused-ring (bicyclic) bond motifs is 1. The van der Waals surface area contributed by atoms with Crippen molar-refractivity contribution in [1.29, 1.82) is 0 Å². The molecule has 1 aromatic rings. The van der Waals surface area contributed by atoms with Gasteiger partial charge in [-0.1, -0.05) is 6.08 Å². The standard InChI is InChI=1S/C11H10F2N2O/c1-2-3-15-6-10(16)14-11-8(13)4-7(12)5-9(11)15/h2,4-5H,1,3,6H2,(H,14,16). The van der Waals surface area contributed by atoms with Crippen LogP contribution in [0.25, 0.3) is 0 Å². The van der Waals surface area contributed by atoms with Crippen molar-refractivity contribution in [2.45, 2.75) is 0 Å². The highest BCUT2D eigenvalue weighted by Gasteiger charge is 2.24. The predicted molar refractivity (Wildman–Crippen MR) is 57.4 cm³/mol. The molecule has 0 aromatic heterocycles. The van der Waals surface area contributed by atoms with Crippen molar-refractivity contribution in [3.8, 4) is 0 Å². The Hall–Kier alpha value is -1.91. The van der Waals surface area contributed by atoms with Crippen LogP contribution in [-0.4, -0.2) is 19.0 Å². The Kier molecular flexibility index (Phi) is 2.60. The van der Waals surface area contributed by atoms with Gasteiger partial charge in [-0.2, -0.15) is 0 Å². The van der Waals surface area contributed by atoms with E-state index in [4.69, 9.17) is 0 Å². The number of hydrogen-bond acceptors (Lipinski definition) is 2. The molecule has 0 radical (unpaired) electrons. The number of nitrogens with one attached hydrogen (secondary N) is 1. The lowest BCUT2D eigenvalue weighted by Crippen LogP contribution is -2.38. The zero-order valence-electron chi connectivity index (χ0n) is 8.46. The van der Waals surface area contributed by atoms with E-state index in [0.29, 0.717) is 12.2 Å². The summed E-state index contributed by atoms with van der Waals surface area (Å²) >= 11 is 0. The quantitative estimate of drug-likeness (QED) is 0.778. The molecule has 0 atom stereocenters. The fraction of sp³-hybridized carbons (Fsp3) is 0.182. The summed E-state index contributed by atoms with van der Waals surface area (Å²) in [5.74, 6) is -1.75. The first kappa shape index (κ1) is 10.6. The molecule has 1 heterocycles. The van der Waals surface area contributed by atoms with Crippen molar-refractivity contribution in [2.24, 2.45) is 0 Å². The Balaban J connectivity index is 2.51.